The molecule has 0 aliphatic heterocycles. The number of aromatic hydroxyl groups is 1. The average molecular weight is 436 g/mol. The maximum Gasteiger partial charge on any atom is 0.271 e. The van der Waals surface area contributed by atoms with Crippen LogP contribution in [0.4, 0.5) is 5.69 Å². The van der Waals surface area contributed by atoms with Crippen molar-refractivity contribution in [2.24, 2.45) is 5.10 Å². The Balaban J connectivity index is 1.76. The minimum Gasteiger partial charge on any atom is -0.507 e. The SMILES string of the molecule is C=CCN(c1ccc(C(=O)N/N=C\c2ccccc2O)cc1)S(=O)(=O)c1ccccc1. The topological polar surface area (TPSA) is 99.1 Å². The number of para-hydroxylation sites is 1. The summed E-state index contributed by atoms with van der Waals surface area (Å²) in [5, 5.41) is 13.5. The lowest BCUT2D eigenvalue weighted by Crippen LogP contribution is -2.31. The number of benzene rings is 3. The summed E-state index contributed by atoms with van der Waals surface area (Å²) in [6, 6.07) is 20.8. The minimum absolute atomic E-state index is 0.0480. The van der Waals surface area contributed by atoms with Crippen LogP contribution in [0, 0.1) is 0 Å². The second kappa shape index (κ2) is 9.73. The molecule has 0 saturated carbocycles. The molecular weight excluding hydrogens is 414 g/mol. The number of hydrazone groups is 1. The number of nitrogens with one attached hydrogen (secondary N) is 1. The predicted molar refractivity (Wildman–Crippen MR) is 121 cm³/mol. The number of carbonyl (C=O) groups is 1. The molecule has 0 radical (unpaired) electrons. The van der Waals surface area contributed by atoms with Gasteiger partial charge in [-0.15, -0.1) is 6.58 Å². The average Bonchev–Trinajstić information content (AvgIpc) is 2.79. The number of nitrogens with zero attached hydrogens (tertiary/aromatic N) is 2. The van der Waals surface area contributed by atoms with Crippen molar-refractivity contribution in [1.29, 1.82) is 0 Å². The van der Waals surface area contributed by atoms with E-state index in [1.54, 1.807) is 48.5 Å². The van der Waals surface area contributed by atoms with E-state index in [4.69, 9.17) is 0 Å². The summed E-state index contributed by atoms with van der Waals surface area (Å²) in [7, 11) is -3.78. The monoisotopic (exact) mass is 435 g/mol. The standard InChI is InChI=1S/C23H21N3O4S/c1-2-16-26(31(29,30)21-9-4-3-5-10-21)20-14-12-18(13-15-20)23(28)25-24-17-19-8-6-7-11-22(19)27/h2-15,17,27H,1,16H2,(H,25,28)/b24-17-. The van der Waals surface area contributed by atoms with Crippen LogP contribution in [0.1, 0.15) is 15.9 Å². The van der Waals surface area contributed by atoms with Gasteiger partial charge >= 0.3 is 0 Å². The predicted octanol–water partition coefficient (Wildman–Crippen LogP) is 3.54. The summed E-state index contributed by atoms with van der Waals surface area (Å²) in [6.45, 7) is 3.72. The number of anilines is 1. The van der Waals surface area contributed by atoms with E-state index >= 15 is 0 Å². The van der Waals surface area contributed by atoms with Gasteiger partial charge in [0.25, 0.3) is 15.9 Å². The summed E-state index contributed by atoms with van der Waals surface area (Å²) in [5.74, 6) is -0.425. The summed E-state index contributed by atoms with van der Waals surface area (Å²) in [4.78, 5) is 12.5. The highest BCUT2D eigenvalue weighted by atomic mass is 32.2. The van der Waals surface area contributed by atoms with Crippen LogP contribution in [0.25, 0.3) is 0 Å². The van der Waals surface area contributed by atoms with E-state index in [2.05, 4.69) is 17.1 Å². The molecule has 0 unspecified atom stereocenters. The Labute approximate surface area is 181 Å². The van der Waals surface area contributed by atoms with E-state index in [0.29, 0.717) is 16.8 Å². The van der Waals surface area contributed by atoms with Crippen LogP contribution in [0.15, 0.2) is 102 Å². The highest BCUT2D eigenvalue weighted by molar-refractivity contribution is 7.92. The number of carbonyl (C=O) groups excluding carboxylic acids is 1. The zero-order chi connectivity index (χ0) is 22.3. The lowest BCUT2D eigenvalue weighted by atomic mass is 10.2. The fraction of sp³-hybridized carbons (Fsp3) is 0.0435. The summed E-state index contributed by atoms with van der Waals surface area (Å²) >= 11 is 0. The first-order valence-electron chi connectivity index (χ1n) is 9.33. The molecule has 3 rings (SSSR count). The van der Waals surface area contributed by atoms with Gasteiger partial charge in [-0.05, 0) is 48.5 Å². The number of hydrogen-bond donors (Lipinski definition) is 2. The number of amides is 1. The van der Waals surface area contributed by atoms with Gasteiger partial charge in [0.05, 0.1) is 23.3 Å². The van der Waals surface area contributed by atoms with Crippen molar-refractivity contribution in [2.45, 2.75) is 4.90 Å². The third kappa shape index (κ3) is 5.18. The largest absolute Gasteiger partial charge is 0.507 e. The van der Waals surface area contributed by atoms with E-state index in [-0.39, 0.29) is 17.2 Å². The van der Waals surface area contributed by atoms with Crippen molar-refractivity contribution in [1.82, 2.24) is 5.43 Å². The molecule has 3 aromatic rings. The highest BCUT2D eigenvalue weighted by Crippen LogP contribution is 2.24. The fourth-order valence-corrected chi connectivity index (χ4v) is 4.24. The van der Waals surface area contributed by atoms with Crippen LogP contribution in [-0.2, 0) is 10.0 Å². The quantitative estimate of drug-likeness (QED) is 0.321. The zero-order valence-electron chi connectivity index (χ0n) is 16.5. The van der Waals surface area contributed by atoms with Crippen LogP contribution in [0.3, 0.4) is 0 Å². The van der Waals surface area contributed by atoms with Crippen molar-refractivity contribution in [3.8, 4) is 5.75 Å². The highest BCUT2D eigenvalue weighted by Gasteiger charge is 2.23. The molecule has 31 heavy (non-hydrogen) atoms. The van der Waals surface area contributed by atoms with E-state index in [9.17, 15) is 18.3 Å². The molecule has 158 valence electrons. The van der Waals surface area contributed by atoms with Crippen LogP contribution in [0.5, 0.6) is 5.75 Å². The second-order valence-corrected chi connectivity index (χ2v) is 8.30. The maximum atomic E-state index is 13.0. The number of rotatable bonds is 8. The minimum atomic E-state index is -3.78. The Hall–Kier alpha value is -3.91. The third-order valence-electron chi connectivity index (χ3n) is 4.35. The van der Waals surface area contributed by atoms with E-state index < -0.39 is 15.9 Å². The molecule has 1 amide bonds. The number of hydrogen-bond acceptors (Lipinski definition) is 5. The molecule has 3 aromatic carbocycles. The third-order valence-corrected chi connectivity index (χ3v) is 6.16. The lowest BCUT2D eigenvalue weighted by Gasteiger charge is -2.23. The number of phenolic OH excluding ortho intramolecular Hbond substituents is 1. The molecule has 0 aliphatic rings. The van der Waals surface area contributed by atoms with Crippen molar-refractivity contribution < 1.29 is 18.3 Å². The van der Waals surface area contributed by atoms with E-state index in [1.807, 2.05) is 0 Å². The molecule has 0 heterocycles. The van der Waals surface area contributed by atoms with E-state index in [0.717, 1.165) is 0 Å². The van der Waals surface area contributed by atoms with Gasteiger partial charge in [0.1, 0.15) is 5.75 Å². The lowest BCUT2D eigenvalue weighted by molar-refractivity contribution is 0.0955. The molecule has 0 aliphatic carbocycles. The molecular formula is C23H21N3O4S. The number of sulfonamides is 1. The van der Waals surface area contributed by atoms with E-state index in [1.165, 1.54) is 46.9 Å². The van der Waals surface area contributed by atoms with Crippen molar-refractivity contribution >= 4 is 27.8 Å². The van der Waals surface area contributed by atoms with Crippen LogP contribution >= 0.6 is 0 Å². The molecule has 8 heteroatoms. The van der Waals surface area contributed by atoms with Crippen molar-refractivity contribution in [3.05, 3.63) is 103 Å². The maximum absolute atomic E-state index is 13.0. The molecule has 0 aromatic heterocycles. The van der Waals surface area contributed by atoms with Gasteiger partial charge < -0.3 is 5.11 Å². The van der Waals surface area contributed by atoms with Crippen LogP contribution in [-0.4, -0.2) is 32.2 Å². The summed E-state index contributed by atoms with van der Waals surface area (Å²) in [6.07, 6.45) is 2.83. The van der Waals surface area contributed by atoms with Crippen molar-refractivity contribution in [2.75, 3.05) is 10.8 Å². The van der Waals surface area contributed by atoms with Crippen LogP contribution < -0.4 is 9.73 Å². The van der Waals surface area contributed by atoms with Gasteiger partial charge in [0.15, 0.2) is 0 Å². The first-order chi connectivity index (χ1) is 14.9. The fourth-order valence-electron chi connectivity index (χ4n) is 2.78. The molecule has 0 bridgehead atoms. The number of phenols is 1. The molecule has 0 spiro atoms. The molecule has 0 atom stereocenters. The summed E-state index contributed by atoms with van der Waals surface area (Å²) < 4.78 is 27.2. The first-order valence-corrected chi connectivity index (χ1v) is 10.8. The molecule has 7 nitrogen and oxygen atoms in total. The molecule has 0 saturated heterocycles. The van der Waals surface area contributed by atoms with Gasteiger partial charge in [0, 0.05) is 11.1 Å². The van der Waals surface area contributed by atoms with Gasteiger partial charge in [0.2, 0.25) is 0 Å². The first kappa shape index (κ1) is 21.8. The Morgan fingerprint density at radius 3 is 2.29 bits per heavy atom. The Bertz CT molecular complexity index is 1190. The van der Waals surface area contributed by atoms with Crippen LogP contribution in [0.2, 0.25) is 0 Å². The zero-order valence-corrected chi connectivity index (χ0v) is 17.4. The Morgan fingerprint density at radius 2 is 1.65 bits per heavy atom. The Morgan fingerprint density at radius 1 is 1.00 bits per heavy atom. The molecule has 2 N–H and O–H groups in total. The normalized spacial score (nSPS) is 11.2. The van der Waals surface area contributed by atoms with Crippen molar-refractivity contribution in [3.63, 3.8) is 0 Å². The van der Waals surface area contributed by atoms with Gasteiger partial charge in [-0.3, -0.25) is 9.10 Å². The van der Waals surface area contributed by atoms with Gasteiger partial charge in [-0.1, -0.05) is 36.4 Å². The Kier molecular flexibility index (Phi) is 6.84. The van der Waals surface area contributed by atoms with Gasteiger partial charge in [-0.25, -0.2) is 13.8 Å². The summed E-state index contributed by atoms with van der Waals surface area (Å²) in [5.41, 5.74) is 3.54. The van der Waals surface area contributed by atoms with Gasteiger partial charge in [-0.2, -0.15) is 5.10 Å². The smallest absolute Gasteiger partial charge is 0.271 e. The molecule has 0 fully saturated rings. The second-order valence-electron chi connectivity index (χ2n) is 6.44.